The molecule has 0 radical (unpaired) electrons. The van der Waals surface area contributed by atoms with Gasteiger partial charge in [-0.25, -0.2) is 0 Å². The Kier molecular flexibility index (Phi) is 5.10. The minimum Gasteiger partial charge on any atom is -0.257 e. The highest BCUT2D eigenvalue weighted by molar-refractivity contribution is 6.24. The van der Waals surface area contributed by atoms with Crippen LogP contribution < -0.4 is 0 Å². The van der Waals surface area contributed by atoms with Crippen molar-refractivity contribution in [3.05, 3.63) is 59.4 Å². The third-order valence-corrected chi connectivity index (χ3v) is 5.17. The van der Waals surface area contributed by atoms with Gasteiger partial charge in [0.05, 0.1) is 5.69 Å². The molecule has 0 N–H and O–H groups in total. The van der Waals surface area contributed by atoms with Crippen LogP contribution in [0.1, 0.15) is 45.4 Å². The van der Waals surface area contributed by atoms with Crippen molar-refractivity contribution < 1.29 is 0 Å². The van der Waals surface area contributed by atoms with E-state index in [9.17, 15) is 0 Å². The van der Waals surface area contributed by atoms with Crippen LogP contribution in [0.3, 0.4) is 0 Å². The van der Waals surface area contributed by atoms with Gasteiger partial charge in [0.1, 0.15) is 7.85 Å². The number of aryl methyl sites for hydroxylation is 1. The maximum Gasteiger partial charge on any atom is 0.138 e. The zero-order valence-electron chi connectivity index (χ0n) is 14.9. The van der Waals surface area contributed by atoms with Crippen LogP contribution >= 0.6 is 0 Å². The van der Waals surface area contributed by atoms with Gasteiger partial charge in [-0.15, -0.1) is 0 Å². The standard InChI is InChI=1S/C20H28BN/c1-6-10-20(5,14(2)3)18-8-7-16(21)13-17(18)19-12-15(4)9-11-22-19/h6-7,9-14,18H,8,21H2,1-5H3. The van der Waals surface area contributed by atoms with Gasteiger partial charge in [0.15, 0.2) is 0 Å². The monoisotopic (exact) mass is 293 g/mol. The highest BCUT2D eigenvalue weighted by Gasteiger charge is 2.38. The molecular weight excluding hydrogens is 265 g/mol. The molecule has 116 valence electrons. The van der Waals surface area contributed by atoms with E-state index in [-0.39, 0.29) is 5.41 Å². The summed E-state index contributed by atoms with van der Waals surface area (Å²) in [5, 5.41) is 0. The first-order valence-corrected chi connectivity index (χ1v) is 8.33. The zero-order valence-corrected chi connectivity index (χ0v) is 14.9. The van der Waals surface area contributed by atoms with E-state index in [0.717, 1.165) is 12.1 Å². The number of nitrogens with zero attached hydrogens (tertiary/aromatic N) is 1. The quantitative estimate of drug-likeness (QED) is 0.586. The molecule has 2 rings (SSSR count). The van der Waals surface area contributed by atoms with E-state index < -0.39 is 0 Å². The third-order valence-electron chi connectivity index (χ3n) is 5.17. The highest BCUT2D eigenvalue weighted by Crippen LogP contribution is 2.47. The second kappa shape index (κ2) is 6.68. The van der Waals surface area contributed by atoms with Gasteiger partial charge in [-0.2, -0.15) is 0 Å². The molecule has 0 aliphatic heterocycles. The molecule has 0 aromatic carbocycles. The van der Waals surface area contributed by atoms with Crippen molar-refractivity contribution in [3.8, 4) is 0 Å². The molecule has 0 saturated carbocycles. The third kappa shape index (κ3) is 3.26. The largest absolute Gasteiger partial charge is 0.257 e. The Morgan fingerprint density at radius 3 is 2.73 bits per heavy atom. The summed E-state index contributed by atoms with van der Waals surface area (Å²) in [4.78, 5) is 4.66. The van der Waals surface area contributed by atoms with Gasteiger partial charge >= 0.3 is 0 Å². The van der Waals surface area contributed by atoms with Gasteiger partial charge in [-0.1, -0.05) is 50.5 Å². The van der Waals surface area contributed by atoms with Crippen LogP contribution in [0.15, 0.2) is 48.1 Å². The lowest BCUT2D eigenvalue weighted by atomic mass is 9.62. The minimum absolute atomic E-state index is 0.142. The number of hydrogen-bond donors (Lipinski definition) is 0. The Morgan fingerprint density at radius 1 is 1.41 bits per heavy atom. The van der Waals surface area contributed by atoms with Crippen molar-refractivity contribution in [2.24, 2.45) is 17.3 Å². The number of pyridine rings is 1. The Morgan fingerprint density at radius 2 is 2.14 bits per heavy atom. The van der Waals surface area contributed by atoms with Crippen molar-refractivity contribution in [2.75, 3.05) is 0 Å². The van der Waals surface area contributed by atoms with Gasteiger partial charge in [0, 0.05) is 6.20 Å². The average Bonchev–Trinajstić information content (AvgIpc) is 2.47. The van der Waals surface area contributed by atoms with Crippen LogP contribution in [0.25, 0.3) is 5.57 Å². The molecule has 2 heteroatoms. The summed E-state index contributed by atoms with van der Waals surface area (Å²) in [5.74, 6) is 1.05. The van der Waals surface area contributed by atoms with Crippen LogP contribution in [0.5, 0.6) is 0 Å². The van der Waals surface area contributed by atoms with Crippen LogP contribution in [0, 0.1) is 24.2 Å². The molecule has 0 fully saturated rings. The van der Waals surface area contributed by atoms with Gasteiger partial charge < -0.3 is 0 Å². The first-order chi connectivity index (χ1) is 10.4. The lowest BCUT2D eigenvalue weighted by Crippen LogP contribution is -2.33. The SMILES string of the molecule is BC1=CCC(C(C)(C=CC)C(C)C)C(c2cc(C)ccn2)=C1. The highest BCUT2D eigenvalue weighted by atomic mass is 14.7. The van der Waals surface area contributed by atoms with Crippen LogP contribution in [-0.4, -0.2) is 12.8 Å². The van der Waals surface area contributed by atoms with E-state index >= 15 is 0 Å². The van der Waals surface area contributed by atoms with Crippen LogP contribution in [0.2, 0.25) is 0 Å². The average molecular weight is 293 g/mol. The van der Waals surface area contributed by atoms with Crippen molar-refractivity contribution in [3.63, 3.8) is 0 Å². The van der Waals surface area contributed by atoms with Crippen LogP contribution in [-0.2, 0) is 0 Å². The van der Waals surface area contributed by atoms with Gasteiger partial charge in [0.25, 0.3) is 0 Å². The summed E-state index contributed by atoms with van der Waals surface area (Å²) in [7, 11) is 2.19. The van der Waals surface area contributed by atoms with Gasteiger partial charge in [-0.3, -0.25) is 4.98 Å². The summed E-state index contributed by atoms with van der Waals surface area (Å²) in [6, 6.07) is 4.28. The summed E-state index contributed by atoms with van der Waals surface area (Å²) in [6.07, 6.45) is 12.3. The van der Waals surface area contributed by atoms with E-state index in [1.54, 1.807) is 0 Å². The van der Waals surface area contributed by atoms with Crippen molar-refractivity contribution in [1.82, 2.24) is 4.98 Å². The molecule has 1 aromatic rings. The van der Waals surface area contributed by atoms with Crippen molar-refractivity contribution in [2.45, 2.75) is 41.0 Å². The summed E-state index contributed by atoms with van der Waals surface area (Å²) in [6.45, 7) is 11.3. The fourth-order valence-electron chi connectivity index (χ4n) is 3.44. The second-order valence-electron chi connectivity index (χ2n) is 7.08. The number of rotatable bonds is 4. The normalized spacial score (nSPS) is 21.6. The van der Waals surface area contributed by atoms with Gasteiger partial charge in [0.2, 0.25) is 0 Å². The topological polar surface area (TPSA) is 12.9 Å². The predicted octanol–water partition coefficient (Wildman–Crippen LogP) is 4.55. The van der Waals surface area contributed by atoms with E-state index in [1.807, 2.05) is 6.20 Å². The Labute approximate surface area is 136 Å². The lowest BCUT2D eigenvalue weighted by molar-refractivity contribution is 0.221. The second-order valence-corrected chi connectivity index (χ2v) is 7.08. The molecule has 0 bridgehead atoms. The molecule has 1 aromatic heterocycles. The summed E-state index contributed by atoms with van der Waals surface area (Å²) < 4.78 is 0. The Hall–Kier alpha value is -1.57. The van der Waals surface area contributed by atoms with Crippen molar-refractivity contribution in [1.29, 1.82) is 0 Å². The lowest BCUT2D eigenvalue weighted by Gasteiger charge is -2.41. The van der Waals surface area contributed by atoms with E-state index in [1.165, 1.54) is 16.6 Å². The molecule has 0 spiro atoms. The van der Waals surface area contributed by atoms with E-state index in [0.29, 0.717) is 11.8 Å². The molecule has 22 heavy (non-hydrogen) atoms. The van der Waals surface area contributed by atoms with Crippen LogP contribution in [0.4, 0.5) is 0 Å². The molecule has 1 aliphatic rings. The fraction of sp³-hybridized carbons (Fsp3) is 0.450. The first-order valence-electron chi connectivity index (χ1n) is 8.33. The minimum atomic E-state index is 0.142. The molecule has 2 atom stereocenters. The predicted molar refractivity (Wildman–Crippen MR) is 99.4 cm³/mol. The number of hydrogen-bond acceptors (Lipinski definition) is 1. The maximum absolute atomic E-state index is 4.66. The molecule has 0 amide bonds. The Bertz CT molecular complexity index is 624. The Balaban J connectivity index is 2.53. The molecule has 1 nitrogen and oxygen atoms in total. The maximum atomic E-state index is 4.66. The molecule has 1 heterocycles. The molecule has 0 saturated heterocycles. The molecule has 2 unspecified atom stereocenters. The first kappa shape index (κ1) is 16.8. The summed E-state index contributed by atoms with van der Waals surface area (Å²) in [5.41, 5.74) is 5.28. The molecule has 1 aliphatic carbocycles. The summed E-state index contributed by atoms with van der Waals surface area (Å²) >= 11 is 0. The van der Waals surface area contributed by atoms with Gasteiger partial charge in [-0.05, 0) is 60.8 Å². The van der Waals surface area contributed by atoms with Crippen molar-refractivity contribution >= 4 is 13.4 Å². The smallest absolute Gasteiger partial charge is 0.138 e. The molecular formula is C20H28BN. The fourth-order valence-corrected chi connectivity index (χ4v) is 3.44. The number of allylic oxidation sites excluding steroid dienone is 6. The zero-order chi connectivity index (χ0) is 16.3. The number of aromatic nitrogens is 1. The van der Waals surface area contributed by atoms with E-state index in [4.69, 9.17) is 0 Å². The van der Waals surface area contributed by atoms with E-state index in [2.05, 4.69) is 83.9 Å².